The van der Waals surface area contributed by atoms with Gasteiger partial charge in [0.2, 0.25) is 0 Å². The number of carbonyl (C=O) groups excluding carboxylic acids is 1. The van der Waals surface area contributed by atoms with Gasteiger partial charge in [0.25, 0.3) is 5.91 Å². The molecule has 0 saturated carbocycles. The Labute approximate surface area is 170 Å². The molecule has 3 aromatic rings. The van der Waals surface area contributed by atoms with E-state index in [1.165, 1.54) is 6.20 Å². The Morgan fingerprint density at radius 3 is 2.45 bits per heavy atom. The van der Waals surface area contributed by atoms with Gasteiger partial charge >= 0.3 is 0 Å². The third-order valence-corrected chi connectivity index (χ3v) is 3.96. The molecule has 29 heavy (non-hydrogen) atoms. The molecular weight excluding hydrogens is 366 g/mol. The first-order valence-corrected chi connectivity index (χ1v) is 9.58. The van der Waals surface area contributed by atoms with Crippen molar-refractivity contribution >= 4 is 23.1 Å². The minimum absolute atomic E-state index is 0.134. The molecule has 0 unspecified atom stereocenters. The molecule has 0 aliphatic rings. The quantitative estimate of drug-likeness (QED) is 0.548. The lowest BCUT2D eigenvalue weighted by molar-refractivity contribution is 0.102. The van der Waals surface area contributed by atoms with Crippen LogP contribution in [-0.4, -0.2) is 23.6 Å². The van der Waals surface area contributed by atoms with Gasteiger partial charge in [0, 0.05) is 11.9 Å². The van der Waals surface area contributed by atoms with Crippen molar-refractivity contribution in [3.63, 3.8) is 0 Å². The fourth-order valence-corrected chi connectivity index (χ4v) is 2.68. The molecule has 150 valence electrons. The molecule has 0 aliphatic carbocycles. The van der Waals surface area contributed by atoms with E-state index in [-0.39, 0.29) is 12.0 Å². The van der Waals surface area contributed by atoms with E-state index in [9.17, 15) is 4.79 Å². The highest BCUT2D eigenvalue weighted by Gasteiger charge is 2.10. The van der Waals surface area contributed by atoms with Crippen LogP contribution in [-0.2, 0) is 0 Å². The smallest absolute Gasteiger partial charge is 0.257 e. The van der Waals surface area contributed by atoms with Crippen molar-refractivity contribution in [2.75, 3.05) is 17.2 Å². The summed E-state index contributed by atoms with van der Waals surface area (Å²) in [6.07, 6.45) is 1.67. The summed E-state index contributed by atoms with van der Waals surface area (Å²) < 4.78 is 11.2. The first-order chi connectivity index (χ1) is 14.0. The van der Waals surface area contributed by atoms with Crippen LogP contribution >= 0.6 is 0 Å². The maximum atomic E-state index is 12.5. The van der Waals surface area contributed by atoms with Crippen molar-refractivity contribution in [3.05, 3.63) is 72.4 Å². The number of hydrogen-bond donors (Lipinski definition) is 2. The van der Waals surface area contributed by atoms with Crippen LogP contribution in [0.4, 0.5) is 17.2 Å². The molecule has 3 rings (SSSR count). The maximum Gasteiger partial charge on any atom is 0.257 e. The Hall–Kier alpha value is -3.54. The molecule has 0 fully saturated rings. The number of pyridine rings is 1. The number of benzene rings is 2. The lowest BCUT2D eigenvalue weighted by atomic mass is 10.2. The van der Waals surface area contributed by atoms with Gasteiger partial charge in [0.15, 0.2) is 0 Å². The van der Waals surface area contributed by atoms with Gasteiger partial charge in [-0.3, -0.25) is 4.79 Å². The van der Waals surface area contributed by atoms with E-state index in [4.69, 9.17) is 9.47 Å². The van der Waals surface area contributed by atoms with Crippen LogP contribution in [0.2, 0.25) is 0 Å². The second kappa shape index (κ2) is 9.59. The van der Waals surface area contributed by atoms with Crippen LogP contribution in [0.1, 0.15) is 31.1 Å². The summed E-state index contributed by atoms with van der Waals surface area (Å²) in [5.41, 5.74) is 1.98. The molecule has 0 aliphatic heterocycles. The summed E-state index contributed by atoms with van der Waals surface area (Å²) in [6.45, 7) is 6.41. The number of carbonyl (C=O) groups is 1. The summed E-state index contributed by atoms with van der Waals surface area (Å²) >= 11 is 0. The SMILES string of the molecule is CCOc1ccccc1NC(=O)c1ccc(Nc2ccc(OC(C)C)cc2)nc1. The van der Waals surface area contributed by atoms with E-state index in [2.05, 4.69) is 15.6 Å². The number of para-hydroxylation sites is 2. The Morgan fingerprint density at radius 1 is 1.03 bits per heavy atom. The van der Waals surface area contributed by atoms with Crippen LogP contribution in [0.5, 0.6) is 11.5 Å². The normalized spacial score (nSPS) is 10.5. The van der Waals surface area contributed by atoms with Crippen LogP contribution in [0, 0.1) is 0 Å². The zero-order valence-corrected chi connectivity index (χ0v) is 16.8. The van der Waals surface area contributed by atoms with E-state index >= 15 is 0 Å². The average Bonchev–Trinajstić information content (AvgIpc) is 2.71. The largest absolute Gasteiger partial charge is 0.492 e. The number of nitrogens with one attached hydrogen (secondary N) is 2. The molecule has 0 spiro atoms. The van der Waals surface area contributed by atoms with Gasteiger partial charge in [0.1, 0.15) is 17.3 Å². The molecule has 1 aromatic heterocycles. The third kappa shape index (κ3) is 5.72. The first kappa shape index (κ1) is 20.2. The van der Waals surface area contributed by atoms with Crippen LogP contribution in [0.3, 0.4) is 0 Å². The standard InChI is InChI=1S/C23H25N3O3/c1-4-28-21-8-6-5-7-20(21)26-23(27)17-9-14-22(24-15-17)25-18-10-12-19(13-11-18)29-16(2)3/h5-16H,4H2,1-3H3,(H,24,25)(H,26,27). The molecule has 1 heterocycles. The molecular formula is C23H25N3O3. The van der Waals surface area contributed by atoms with E-state index in [1.54, 1.807) is 18.2 Å². The second-order valence-electron chi connectivity index (χ2n) is 6.63. The number of amides is 1. The van der Waals surface area contributed by atoms with Crippen molar-refractivity contribution in [1.29, 1.82) is 0 Å². The van der Waals surface area contributed by atoms with Crippen molar-refractivity contribution in [3.8, 4) is 11.5 Å². The van der Waals surface area contributed by atoms with Gasteiger partial charge in [-0.1, -0.05) is 12.1 Å². The van der Waals surface area contributed by atoms with E-state index in [0.717, 1.165) is 11.4 Å². The molecule has 6 heteroatoms. The topological polar surface area (TPSA) is 72.5 Å². The number of ether oxygens (including phenoxy) is 2. The summed E-state index contributed by atoms with van der Waals surface area (Å²) in [5.74, 6) is 1.86. The third-order valence-electron chi connectivity index (χ3n) is 3.96. The van der Waals surface area contributed by atoms with Gasteiger partial charge in [0.05, 0.1) is 24.0 Å². The Bertz CT molecular complexity index is 938. The summed E-state index contributed by atoms with van der Waals surface area (Å²) in [6, 6.07) is 18.5. The molecule has 0 atom stereocenters. The first-order valence-electron chi connectivity index (χ1n) is 9.58. The van der Waals surface area contributed by atoms with Crippen LogP contribution < -0.4 is 20.1 Å². The zero-order valence-electron chi connectivity index (χ0n) is 16.8. The van der Waals surface area contributed by atoms with Gasteiger partial charge in [-0.15, -0.1) is 0 Å². The maximum absolute atomic E-state index is 12.5. The van der Waals surface area contributed by atoms with Crippen LogP contribution in [0.15, 0.2) is 66.9 Å². The highest BCUT2D eigenvalue weighted by Crippen LogP contribution is 2.24. The number of nitrogens with zero attached hydrogens (tertiary/aromatic N) is 1. The second-order valence-corrected chi connectivity index (χ2v) is 6.63. The molecule has 2 N–H and O–H groups in total. The average molecular weight is 391 g/mol. The van der Waals surface area contributed by atoms with Crippen molar-refractivity contribution in [2.45, 2.75) is 26.9 Å². The Balaban J connectivity index is 1.63. The van der Waals surface area contributed by atoms with Crippen LogP contribution in [0.25, 0.3) is 0 Å². The van der Waals surface area contributed by atoms with Gasteiger partial charge < -0.3 is 20.1 Å². The van der Waals surface area contributed by atoms with Gasteiger partial charge in [-0.2, -0.15) is 0 Å². The highest BCUT2D eigenvalue weighted by atomic mass is 16.5. The summed E-state index contributed by atoms with van der Waals surface area (Å²) in [5, 5.41) is 6.07. The predicted octanol–water partition coefficient (Wildman–Crippen LogP) is 5.26. The zero-order chi connectivity index (χ0) is 20.6. The van der Waals surface area contributed by atoms with Crippen molar-refractivity contribution in [2.24, 2.45) is 0 Å². The number of anilines is 3. The Kier molecular flexibility index (Phi) is 6.68. The lowest BCUT2D eigenvalue weighted by Gasteiger charge is -2.12. The Morgan fingerprint density at radius 2 is 1.79 bits per heavy atom. The molecule has 0 bridgehead atoms. The van der Waals surface area contributed by atoms with Crippen molar-refractivity contribution in [1.82, 2.24) is 4.98 Å². The molecule has 0 saturated heterocycles. The van der Waals surface area contributed by atoms with E-state index in [0.29, 0.717) is 29.4 Å². The minimum atomic E-state index is -0.244. The molecule has 6 nitrogen and oxygen atoms in total. The number of rotatable bonds is 8. The highest BCUT2D eigenvalue weighted by molar-refractivity contribution is 6.04. The molecule has 1 amide bonds. The molecule has 0 radical (unpaired) electrons. The minimum Gasteiger partial charge on any atom is -0.492 e. The van der Waals surface area contributed by atoms with Gasteiger partial charge in [-0.05, 0) is 69.3 Å². The number of hydrogen-bond acceptors (Lipinski definition) is 5. The van der Waals surface area contributed by atoms with Crippen molar-refractivity contribution < 1.29 is 14.3 Å². The predicted molar refractivity (Wildman–Crippen MR) is 115 cm³/mol. The van der Waals surface area contributed by atoms with E-state index in [1.807, 2.05) is 63.2 Å². The summed E-state index contributed by atoms with van der Waals surface area (Å²) in [4.78, 5) is 16.9. The lowest BCUT2D eigenvalue weighted by Crippen LogP contribution is -2.13. The monoisotopic (exact) mass is 391 g/mol. The van der Waals surface area contributed by atoms with E-state index < -0.39 is 0 Å². The summed E-state index contributed by atoms with van der Waals surface area (Å²) in [7, 11) is 0. The fraction of sp³-hybridized carbons (Fsp3) is 0.217. The fourth-order valence-electron chi connectivity index (χ4n) is 2.68. The van der Waals surface area contributed by atoms with Gasteiger partial charge in [-0.25, -0.2) is 4.98 Å². The number of aromatic nitrogens is 1. The molecule has 2 aromatic carbocycles.